The molecule has 1 heterocycles. The summed E-state index contributed by atoms with van der Waals surface area (Å²) in [5, 5.41) is 4.37. The third-order valence-electron chi connectivity index (χ3n) is 4.54. The highest BCUT2D eigenvalue weighted by atomic mass is 16.1. The van der Waals surface area contributed by atoms with Gasteiger partial charge >= 0.3 is 0 Å². The largest absolute Gasteiger partial charge is 0.361 e. The Morgan fingerprint density at radius 2 is 2.20 bits per heavy atom. The Bertz CT molecular complexity index is 598. The Hall–Kier alpha value is -1.77. The van der Waals surface area contributed by atoms with Crippen LogP contribution >= 0.6 is 0 Å². The fraction of sp³-hybridized carbons (Fsp3) is 0.471. The molecule has 2 N–H and O–H groups in total. The van der Waals surface area contributed by atoms with Gasteiger partial charge in [-0.25, -0.2) is 0 Å². The van der Waals surface area contributed by atoms with Gasteiger partial charge in [-0.1, -0.05) is 24.6 Å². The van der Waals surface area contributed by atoms with Gasteiger partial charge in [0.2, 0.25) is 5.91 Å². The van der Waals surface area contributed by atoms with Gasteiger partial charge in [0.05, 0.1) is 0 Å². The number of aromatic amines is 1. The van der Waals surface area contributed by atoms with Crippen molar-refractivity contribution in [3.63, 3.8) is 0 Å². The first-order valence-corrected chi connectivity index (χ1v) is 7.58. The van der Waals surface area contributed by atoms with Gasteiger partial charge < -0.3 is 10.3 Å². The topological polar surface area (TPSA) is 44.9 Å². The van der Waals surface area contributed by atoms with Crippen molar-refractivity contribution in [2.24, 2.45) is 5.92 Å². The predicted molar refractivity (Wildman–Crippen MR) is 81.6 cm³/mol. The van der Waals surface area contributed by atoms with E-state index in [2.05, 4.69) is 29.4 Å². The number of carbonyl (C=O) groups excluding carboxylic acids is 1. The maximum atomic E-state index is 12.0. The first kappa shape index (κ1) is 13.2. The van der Waals surface area contributed by atoms with E-state index in [1.807, 2.05) is 18.3 Å². The zero-order valence-corrected chi connectivity index (χ0v) is 12.0. The van der Waals surface area contributed by atoms with E-state index >= 15 is 0 Å². The molecule has 1 aliphatic rings. The van der Waals surface area contributed by atoms with Crippen LogP contribution in [0.2, 0.25) is 0 Å². The lowest BCUT2D eigenvalue weighted by atomic mass is 9.80. The number of H-pyrrole nitrogens is 1. The second-order valence-corrected chi connectivity index (χ2v) is 5.91. The van der Waals surface area contributed by atoms with Crippen LogP contribution in [0.15, 0.2) is 30.5 Å². The number of benzene rings is 1. The van der Waals surface area contributed by atoms with E-state index in [1.165, 1.54) is 30.2 Å². The molecule has 1 fully saturated rings. The van der Waals surface area contributed by atoms with Crippen LogP contribution in [-0.4, -0.2) is 16.9 Å². The number of aryl methyl sites for hydroxylation is 1. The Labute approximate surface area is 119 Å². The molecule has 20 heavy (non-hydrogen) atoms. The van der Waals surface area contributed by atoms with Crippen molar-refractivity contribution >= 4 is 16.8 Å². The summed E-state index contributed by atoms with van der Waals surface area (Å²) >= 11 is 0. The summed E-state index contributed by atoms with van der Waals surface area (Å²) < 4.78 is 0. The van der Waals surface area contributed by atoms with Crippen LogP contribution in [0.25, 0.3) is 10.9 Å². The van der Waals surface area contributed by atoms with E-state index in [1.54, 1.807) is 0 Å². The van der Waals surface area contributed by atoms with E-state index in [4.69, 9.17) is 0 Å². The minimum absolute atomic E-state index is 0.176. The lowest BCUT2D eigenvalue weighted by Crippen LogP contribution is -2.40. The summed E-state index contributed by atoms with van der Waals surface area (Å²) in [6.07, 6.45) is 7.24. The Balaban J connectivity index is 1.54. The normalized spacial score (nSPS) is 16.9. The molecule has 1 aromatic carbocycles. The molecule has 0 bridgehead atoms. The molecule has 1 aromatic heterocycles. The number of carbonyl (C=O) groups is 1. The van der Waals surface area contributed by atoms with Gasteiger partial charge in [0.25, 0.3) is 0 Å². The molecule has 1 aliphatic carbocycles. The summed E-state index contributed by atoms with van der Waals surface area (Å²) in [5.74, 6) is 0.877. The Morgan fingerprint density at radius 3 is 2.95 bits per heavy atom. The van der Waals surface area contributed by atoms with Gasteiger partial charge in [-0.3, -0.25) is 4.79 Å². The maximum Gasteiger partial charge on any atom is 0.220 e. The monoisotopic (exact) mass is 270 g/mol. The molecule has 1 unspecified atom stereocenters. The molecule has 0 aliphatic heterocycles. The number of nitrogens with one attached hydrogen (secondary N) is 2. The molecule has 1 atom stereocenters. The quantitative estimate of drug-likeness (QED) is 0.859. The van der Waals surface area contributed by atoms with Gasteiger partial charge in [-0.15, -0.1) is 0 Å². The number of hydrogen-bond acceptors (Lipinski definition) is 1. The standard InChI is InChI=1S/C17H22N2O/c1-12(13-5-4-6-13)19-17(20)10-9-14-11-18-16-8-3-2-7-15(14)16/h2-3,7-8,11-13,18H,4-6,9-10H2,1H3,(H,19,20). The molecule has 0 radical (unpaired) electrons. The van der Waals surface area contributed by atoms with Crippen molar-refractivity contribution in [3.05, 3.63) is 36.0 Å². The molecular weight excluding hydrogens is 248 g/mol. The number of rotatable bonds is 5. The number of para-hydroxylation sites is 1. The number of amides is 1. The van der Waals surface area contributed by atoms with Crippen LogP contribution in [0.3, 0.4) is 0 Å². The molecule has 0 spiro atoms. The number of aromatic nitrogens is 1. The zero-order chi connectivity index (χ0) is 13.9. The van der Waals surface area contributed by atoms with Crippen LogP contribution in [0, 0.1) is 5.92 Å². The second-order valence-electron chi connectivity index (χ2n) is 5.91. The molecule has 3 rings (SSSR count). The lowest BCUT2D eigenvalue weighted by molar-refractivity contribution is -0.122. The van der Waals surface area contributed by atoms with E-state index in [9.17, 15) is 4.79 Å². The first-order valence-electron chi connectivity index (χ1n) is 7.58. The minimum atomic E-state index is 0.176. The van der Waals surface area contributed by atoms with E-state index in [0.29, 0.717) is 18.4 Å². The van der Waals surface area contributed by atoms with E-state index in [0.717, 1.165) is 11.9 Å². The molecule has 0 saturated heterocycles. The average molecular weight is 270 g/mol. The van der Waals surface area contributed by atoms with Crippen molar-refractivity contribution in [2.75, 3.05) is 0 Å². The van der Waals surface area contributed by atoms with E-state index in [-0.39, 0.29) is 5.91 Å². The van der Waals surface area contributed by atoms with Gasteiger partial charge in [0.15, 0.2) is 0 Å². The van der Waals surface area contributed by atoms with Crippen LogP contribution in [0.4, 0.5) is 0 Å². The van der Waals surface area contributed by atoms with Crippen LogP contribution < -0.4 is 5.32 Å². The van der Waals surface area contributed by atoms with Crippen molar-refractivity contribution in [2.45, 2.75) is 45.1 Å². The van der Waals surface area contributed by atoms with Crippen LogP contribution in [0.1, 0.15) is 38.2 Å². The fourth-order valence-electron chi connectivity index (χ4n) is 2.97. The summed E-state index contributed by atoms with van der Waals surface area (Å²) in [6, 6.07) is 8.57. The van der Waals surface area contributed by atoms with Crippen molar-refractivity contribution in [1.82, 2.24) is 10.3 Å². The molecule has 1 saturated carbocycles. The summed E-state index contributed by atoms with van der Waals surface area (Å²) in [5.41, 5.74) is 2.37. The van der Waals surface area contributed by atoms with Gasteiger partial charge in [-0.2, -0.15) is 0 Å². The first-order chi connectivity index (χ1) is 9.74. The third kappa shape index (κ3) is 2.72. The van der Waals surface area contributed by atoms with Crippen molar-refractivity contribution in [3.8, 4) is 0 Å². The average Bonchev–Trinajstić information content (AvgIpc) is 2.77. The fourth-order valence-corrected chi connectivity index (χ4v) is 2.97. The molecule has 3 nitrogen and oxygen atoms in total. The zero-order valence-electron chi connectivity index (χ0n) is 12.0. The van der Waals surface area contributed by atoms with Gasteiger partial charge in [0.1, 0.15) is 0 Å². The number of fused-ring (bicyclic) bond motifs is 1. The highest BCUT2D eigenvalue weighted by Gasteiger charge is 2.24. The summed E-state index contributed by atoms with van der Waals surface area (Å²) in [4.78, 5) is 15.3. The summed E-state index contributed by atoms with van der Waals surface area (Å²) in [7, 11) is 0. The van der Waals surface area contributed by atoms with Gasteiger partial charge in [-0.05, 0) is 43.7 Å². The predicted octanol–water partition coefficient (Wildman–Crippen LogP) is 3.41. The molecule has 2 aromatic rings. The second kappa shape index (κ2) is 5.70. The molecule has 106 valence electrons. The molecular formula is C17H22N2O. The van der Waals surface area contributed by atoms with E-state index < -0.39 is 0 Å². The smallest absolute Gasteiger partial charge is 0.220 e. The van der Waals surface area contributed by atoms with Gasteiger partial charge in [0, 0.05) is 29.6 Å². The SMILES string of the molecule is CC(NC(=O)CCc1c[nH]c2ccccc12)C1CCC1. The molecule has 3 heteroatoms. The Kier molecular flexibility index (Phi) is 3.77. The number of hydrogen-bond donors (Lipinski definition) is 2. The highest BCUT2D eigenvalue weighted by Crippen LogP contribution is 2.29. The third-order valence-corrected chi connectivity index (χ3v) is 4.54. The van der Waals surface area contributed by atoms with Crippen LogP contribution in [0.5, 0.6) is 0 Å². The maximum absolute atomic E-state index is 12.0. The Morgan fingerprint density at radius 1 is 1.40 bits per heavy atom. The van der Waals surface area contributed by atoms with Crippen molar-refractivity contribution < 1.29 is 4.79 Å². The van der Waals surface area contributed by atoms with Crippen molar-refractivity contribution in [1.29, 1.82) is 0 Å². The summed E-state index contributed by atoms with van der Waals surface area (Å²) in [6.45, 7) is 2.13. The minimum Gasteiger partial charge on any atom is -0.361 e. The highest BCUT2D eigenvalue weighted by molar-refractivity contribution is 5.84. The molecule has 1 amide bonds. The lowest BCUT2D eigenvalue weighted by Gasteiger charge is -2.31. The van der Waals surface area contributed by atoms with Crippen LogP contribution in [-0.2, 0) is 11.2 Å².